The van der Waals surface area contributed by atoms with Crippen LogP contribution in [0.2, 0.25) is 0 Å². The average molecular weight is 313 g/mol. The van der Waals surface area contributed by atoms with Crippen molar-refractivity contribution in [3.8, 4) is 28.0 Å². The Bertz CT molecular complexity index is 901. The monoisotopic (exact) mass is 313 g/mol. The summed E-state index contributed by atoms with van der Waals surface area (Å²) < 4.78 is 5.17. The van der Waals surface area contributed by atoms with Gasteiger partial charge in [0, 0.05) is 5.41 Å². The van der Waals surface area contributed by atoms with Crippen LogP contribution in [0.4, 0.5) is 0 Å². The van der Waals surface area contributed by atoms with Crippen molar-refractivity contribution in [2.24, 2.45) is 0 Å². The van der Waals surface area contributed by atoms with Gasteiger partial charge >= 0.3 is 7.69 Å². The van der Waals surface area contributed by atoms with Crippen molar-refractivity contribution in [2.45, 2.75) is 19.3 Å². The van der Waals surface area contributed by atoms with Crippen LogP contribution in [0.5, 0.6) is 5.75 Å². The average Bonchev–Trinajstić information content (AvgIpc) is 2.84. The Morgan fingerprint density at radius 2 is 1.62 bits per heavy atom. The normalized spacial score (nSPS) is 14.0. The van der Waals surface area contributed by atoms with Crippen molar-refractivity contribution in [3.05, 3.63) is 77.9 Å². The third-order valence-corrected chi connectivity index (χ3v) is 4.95. The van der Waals surface area contributed by atoms with Gasteiger partial charge in [-0.1, -0.05) is 68.4 Å². The van der Waals surface area contributed by atoms with Gasteiger partial charge in [0.15, 0.2) is 0 Å². The van der Waals surface area contributed by atoms with Crippen LogP contribution in [0, 0.1) is 0 Å². The van der Waals surface area contributed by atoms with Crippen molar-refractivity contribution >= 4 is 7.69 Å². The molecule has 1 aliphatic rings. The van der Waals surface area contributed by atoms with E-state index in [1.165, 1.54) is 33.4 Å². The molecular weight excluding hydrogens is 295 g/mol. The van der Waals surface area contributed by atoms with E-state index >= 15 is 0 Å². The Kier molecular flexibility index (Phi) is 3.47. The van der Waals surface area contributed by atoms with Gasteiger partial charge in [0.2, 0.25) is 0 Å². The molecule has 0 atom stereocenters. The van der Waals surface area contributed by atoms with Crippen LogP contribution in [0.3, 0.4) is 0 Å². The number of hydrogen-bond acceptors (Lipinski definition) is 2. The molecule has 0 saturated heterocycles. The molecule has 1 aliphatic carbocycles. The Morgan fingerprint density at radius 3 is 2.38 bits per heavy atom. The summed E-state index contributed by atoms with van der Waals surface area (Å²) in [5.41, 5.74) is 7.45. The molecule has 4 rings (SSSR count). The maximum Gasteiger partial charge on any atom is 0.569 e. The number of fused-ring (bicyclic) bond motifs is 3. The molecule has 0 fully saturated rings. The lowest BCUT2D eigenvalue weighted by molar-refractivity contribution is 0.453. The van der Waals surface area contributed by atoms with E-state index in [1.54, 1.807) is 0 Å². The lowest BCUT2D eigenvalue weighted by Crippen LogP contribution is -2.15. The first-order chi connectivity index (χ1) is 11.6. The fourth-order valence-corrected chi connectivity index (χ4v) is 3.76. The van der Waals surface area contributed by atoms with Crippen molar-refractivity contribution in [2.75, 3.05) is 0 Å². The minimum Gasteiger partial charge on any atom is -0.537 e. The van der Waals surface area contributed by atoms with Gasteiger partial charge in [0.1, 0.15) is 5.75 Å². The van der Waals surface area contributed by atoms with Crippen molar-refractivity contribution in [1.82, 2.24) is 0 Å². The maximum atomic E-state index is 8.92. The van der Waals surface area contributed by atoms with Gasteiger partial charge in [-0.25, -0.2) is 0 Å². The highest BCUT2D eigenvalue weighted by Gasteiger charge is 2.37. The summed E-state index contributed by atoms with van der Waals surface area (Å²) in [5.74, 6) is 0.651. The second-order valence-electron chi connectivity index (χ2n) is 6.65. The first kappa shape index (κ1) is 15.0. The Labute approximate surface area is 143 Å². The summed E-state index contributed by atoms with van der Waals surface area (Å²) in [7, 11) is 0.728. The van der Waals surface area contributed by atoms with E-state index in [2.05, 4.69) is 62.4 Å². The Morgan fingerprint density at radius 1 is 0.833 bits per heavy atom. The standard InChI is InChI=1S/C21H18BO2/c1-21(2)18-10-6-9-16(14-7-4-3-5-8-14)20(18)17-12-11-15(24-22-23)13-19(17)21/h3-13,23H,1-2H3. The van der Waals surface area contributed by atoms with Gasteiger partial charge < -0.3 is 9.68 Å². The first-order valence-corrected chi connectivity index (χ1v) is 8.09. The molecule has 0 spiro atoms. The van der Waals surface area contributed by atoms with E-state index in [4.69, 9.17) is 9.68 Å². The molecular formula is C21H18BO2. The second-order valence-corrected chi connectivity index (χ2v) is 6.65. The van der Waals surface area contributed by atoms with Crippen LogP contribution in [0.1, 0.15) is 25.0 Å². The quantitative estimate of drug-likeness (QED) is 0.718. The van der Waals surface area contributed by atoms with Crippen LogP contribution < -0.4 is 4.65 Å². The largest absolute Gasteiger partial charge is 0.569 e. The molecule has 3 aromatic carbocycles. The molecule has 0 aliphatic heterocycles. The van der Waals surface area contributed by atoms with E-state index in [-0.39, 0.29) is 5.41 Å². The summed E-state index contributed by atoms with van der Waals surface area (Å²) in [6, 6.07) is 23.0. The predicted octanol–water partition coefficient (Wildman–Crippen LogP) is 4.57. The van der Waals surface area contributed by atoms with E-state index in [0.29, 0.717) is 5.75 Å². The molecule has 0 bridgehead atoms. The molecule has 0 unspecified atom stereocenters. The maximum absolute atomic E-state index is 8.92. The number of rotatable bonds is 3. The van der Waals surface area contributed by atoms with E-state index < -0.39 is 0 Å². The third kappa shape index (κ3) is 2.16. The topological polar surface area (TPSA) is 29.5 Å². The van der Waals surface area contributed by atoms with Gasteiger partial charge in [-0.2, -0.15) is 0 Å². The van der Waals surface area contributed by atoms with Crippen LogP contribution >= 0.6 is 0 Å². The lowest BCUT2D eigenvalue weighted by atomic mass is 9.82. The van der Waals surface area contributed by atoms with E-state index in [0.717, 1.165) is 7.69 Å². The van der Waals surface area contributed by atoms with Gasteiger partial charge in [0.25, 0.3) is 0 Å². The summed E-state index contributed by atoms with van der Waals surface area (Å²) in [6.45, 7) is 4.47. The lowest BCUT2D eigenvalue weighted by Gasteiger charge is -2.22. The minimum atomic E-state index is -0.107. The number of hydrogen-bond donors (Lipinski definition) is 1. The smallest absolute Gasteiger partial charge is 0.537 e. The zero-order valence-corrected chi connectivity index (χ0v) is 13.8. The van der Waals surface area contributed by atoms with Gasteiger partial charge in [-0.05, 0) is 45.5 Å². The van der Waals surface area contributed by atoms with Crippen LogP contribution in [0.25, 0.3) is 22.3 Å². The fraction of sp³-hybridized carbons (Fsp3) is 0.143. The highest BCUT2D eigenvalue weighted by Crippen LogP contribution is 2.52. The van der Waals surface area contributed by atoms with Crippen LogP contribution in [-0.4, -0.2) is 12.7 Å². The molecule has 0 amide bonds. The zero-order chi connectivity index (χ0) is 16.7. The van der Waals surface area contributed by atoms with E-state index in [1.807, 2.05) is 18.2 Å². The summed E-state index contributed by atoms with van der Waals surface area (Å²) in [5, 5.41) is 8.92. The van der Waals surface area contributed by atoms with E-state index in [9.17, 15) is 0 Å². The zero-order valence-electron chi connectivity index (χ0n) is 13.8. The highest BCUT2D eigenvalue weighted by atomic mass is 16.5. The van der Waals surface area contributed by atoms with Crippen molar-refractivity contribution in [1.29, 1.82) is 0 Å². The van der Waals surface area contributed by atoms with Crippen molar-refractivity contribution < 1.29 is 9.68 Å². The second kappa shape index (κ2) is 5.54. The van der Waals surface area contributed by atoms with Gasteiger partial charge in [-0.15, -0.1) is 0 Å². The SMILES string of the molecule is CC1(C)c2cc(O[B]O)ccc2-c2c(-c3ccccc3)cccc21. The minimum absolute atomic E-state index is 0.107. The molecule has 24 heavy (non-hydrogen) atoms. The Hall–Kier alpha value is -2.52. The predicted molar refractivity (Wildman–Crippen MR) is 98.0 cm³/mol. The summed E-state index contributed by atoms with van der Waals surface area (Å²) >= 11 is 0. The van der Waals surface area contributed by atoms with Gasteiger partial charge in [-0.3, -0.25) is 0 Å². The molecule has 0 aromatic heterocycles. The van der Waals surface area contributed by atoms with Crippen molar-refractivity contribution in [3.63, 3.8) is 0 Å². The molecule has 2 nitrogen and oxygen atoms in total. The third-order valence-electron chi connectivity index (χ3n) is 4.95. The van der Waals surface area contributed by atoms with Crippen LogP contribution in [-0.2, 0) is 5.41 Å². The molecule has 3 heteroatoms. The highest BCUT2D eigenvalue weighted by molar-refractivity contribution is 6.17. The summed E-state index contributed by atoms with van der Waals surface area (Å²) in [6.07, 6.45) is 0. The molecule has 1 N–H and O–H groups in total. The molecule has 117 valence electrons. The van der Waals surface area contributed by atoms with Crippen LogP contribution in [0.15, 0.2) is 66.7 Å². The fourth-order valence-electron chi connectivity index (χ4n) is 3.76. The molecule has 3 aromatic rings. The Balaban J connectivity index is 1.98. The molecule has 1 radical (unpaired) electrons. The first-order valence-electron chi connectivity index (χ1n) is 8.09. The molecule has 0 saturated carbocycles. The number of benzene rings is 3. The van der Waals surface area contributed by atoms with Gasteiger partial charge in [0.05, 0.1) is 0 Å². The summed E-state index contributed by atoms with van der Waals surface area (Å²) in [4.78, 5) is 0. The molecule has 0 heterocycles.